The van der Waals surface area contributed by atoms with Gasteiger partial charge < -0.3 is 10.0 Å². The second kappa shape index (κ2) is 8.83. The molecule has 1 unspecified atom stereocenters. The Kier molecular flexibility index (Phi) is 7.04. The number of phenols is 1. The van der Waals surface area contributed by atoms with Crippen LogP contribution in [0.4, 0.5) is 0 Å². The first kappa shape index (κ1) is 19.9. The molecule has 2 aromatic carbocycles. The van der Waals surface area contributed by atoms with Crippen molar-refractivity contribution in [3.63, 3.8) is 0 Å². The van der Waals surface area contributed by atoms with Gasteiger partial charge in [-0.25, -0.2) is 0 Å². The Morgan fingerprint density at radius 2 is 1.68 bits per heavy atom. The van der Waals surface area contributed by atoms with E-state index < -0.39 is 0 Å². The van der Waals surface area contributed by atoms with Crippen molar-refractivity contribution >= 4 is 13.9 Å². The molecule has 0 aliphatic carbocycles. The van der Waals surface area contributed by atoms with Gasteiger partial charge in [0.2, 0.25) is 0 Å². The summed E-state index contributed by atoms with van der Waals surface area (Å²) >= 11 is 0. The molecule has 136 valence electrons. The van der Waals surface area contributed by atoms with Crippen molar-refractivity contribution in [1.82, 2.24) is 4.90 Å². The van der Waals surface area contributed by atoms with Crippen molar-refractivity contribution in [2.45, 2.75) is 52.2 Å². The quantitative estimate of drug-likeness (QED) is 0.659. The van der Waals surface area contributed by atoms with E-state index in [0.717, 1.165) is 31.5 Å². The standard InChI is InChI=1S/C22H32NOP/c1-6-22(7-2,19-14-9-10-15-20(19)24)25-21-17(4)12-11-13-18(21)16-23(5)8-3/h9-15,24-25H,6-8,16H2,1-5H3. The Balaban J connectivity index is 2.49. The van der Waals surface area contributed by atoms with Crippen LogP contribution in [0.1, 0.15) is 50.3 Å². The van der Waals surface area contributed by atoms with E-state index in [-0.39, 0.29) is 5.16 Å². The maximum absolute atomic E-state index is 10.5. The molecule has 1 N–H and O–H groups in total. The first-order valence-corrected chi connectivity index (χ1v) is 10.3. The van der Waals surface area contributed by atoms with Gasteiger partial charge in [0.05, 0.1) is 0 Å². The molecule has 0 fully saturated rings. The Bertz CT molecular complexity index is 694. The zero-order chi connectivity index (χ0) is 18.4. The van der Waals surface area contributed by atoms with Crippen LogP contribution in [0.5, 0.6) is 5.75 Å². The number of phenolic OH excluding ortho intramolecular Hbond substituents is 1. The molecule has 0 aliphatic heterocycles. The van der Waals surface area contributed by atoms with Gasteiger partial charge in [-0.15, -0.1) is 0 Å². The third-order valence-electron chi connectivity index (χ3n) is 5.33. The van der Waals surface area contributed by atoms with Crippen LogP contribution < -0.4 is 5.30 Å². The maximum Gasteiger partial charge on any atom is 0.119 e. The Hall–Kier alpha value is -1.37. The zero-order valence-electron chi connectivity index (χ0n) is 16.3. The summed E-state index contributed by atoms with van der Waals surface area (Å²) in [6, 6.07) is 14.5. The van der Waals surface area contributed by atoms with Crippen LogP contribution in [0.3, 0.4) is 0 Å². The second-order valence-electron chi connectivity index (χ2n) is 6.87. The van der Waals surface area contributed by atoms with Crippen molar-refractivity contribution in [2.75, 3.05) is 13.6 Å². The van der Waals surface area contributed by atoms with Gasteiger partial charge in [-0.05, 0) is 55.9 Å². The van der Waals surface area contributed by atoms with Gasteiger partial charge in [0, 0.05) is 17.3 Å². The lowest BCUT2D eigenvalue weighted by Gasteiger charge is -2.35. The third-order valence-corrected chi connectivity index (χ3v) is 7.75. The van der Waals surface area contributed by atoms with E-state index in [1.807, 2.05) is 18.2 Å². The van der Waals surface area contributed by atoms with Crippen LogP contribution in [-0.4, -0.2) is 23.6 Å². The highest BCUT2D eigenvalue weighted by Gasteiger charge is 2.32. The van der Waals surface area contributed by atoms with Crippen LogP contribution >= 0.6 is 8.58 Å². The van der Waals surface area contributed by atoms with Gasteiger partial charge in [0.25, 0.3) is 0 Å². The molecule has 0 saturated carbocycles. The zero-order valence-corrected chi connectivity index (χ0v) is 17.3. The smallest absolute Gasteiger partial charge is 0.119 e. The molecule has 3 heteroatoms. The normalized spacial score (nSPS) is 12.4. The van der Waals surface area contributed by atoms with E-state index in [0.29, 0.717) is 14.3 Å². The molecule has 0 radical (unpaired) electrons. The van der Waals surface area contributed by atoms with Crippen LogP contribution in [0, 0.1) is 6.92 Å². The molecule has 2 rings (SSSR count). The van der Waals surface area contributed by atoms with Crippen LogP contribution in [-0.2, 0) is 11.7 Å². The molecule has 0 bridgehead atoms. The molecule has 0 heterocycles. The monoisotopic (exact) mass is 357 g/mol. The van der Waals surface area contributed by atoms with Crippen molar-refractivity contribution < 1.29 is 5.11 Å². The van der Waals surface area contributed by atoms with Crippen molar-refractivity contribution in [3.05, 3.63) is 59.2 Å². The lowest BCUT2D eigenvalue weighted by atomic mass is 9.92. The Morgan fingerprint density at radius 3 is 2.28 bits per heavy atom. The van der Waals surface area contributed by atoms with E-state index in [4.69, 9.17) is 0 Å². The fourth-order valence-corrected chi connectivity index (χ4v) is 5.22. The molecular weight excluding hydrogens is 325 g/mol. The van der Waals surface area contributed by atoms with Crippen LogP contribution in [0.15, 0.2) is 42.5 Å². The van der Waals surface area contributed by atoms with Gasteiger partial charge in [0.1, 0.15) is 5.75 Å². The Labute approximate surface area is 155 Å². The fourth-order valence-electron chi connectivity index (χ4n) is 3.43. The largest absolute Gasteiger partial charge is 0.508 e. The predicted octanol–water partition coefficient (Wildman–Crippen LogP) is 5.17. The summed E-state index contributed by atoms with van der Waals surface area (Å²) in [6.07, 6.45) is 2.05. The lowest BCUT2D eigenvalue weighted by molar-refractivity contribution is 0.346. The predicted molar refractivity (Wildman–Crippen MR) is 112 cm³/mol. The first-order chi connectivity index (χ1) is 12.0. The first-order valence-electron chi connectivity index (χ1n) is 9.31. The minimum atomic E-state index is -0.00298. The summed E-state index contributed by atoms with van der Waals surface area (Å²) in [4.78, 5) is 2.35. The van der Waals surface area contributed by atoms with E-state index in [9.17, 15) is 5.11 Å². The molecule has 2 nitrogen and oxygen atoms in total. The molecule has 0 saturated heterocycles. The Morgan fingerprint density at radius 1 is 1.00 bits per heavy atom. The molecule has 1 atom stereocenters. The molecule has 2 aromatic rings. The summed E-state index contributed by atoms with van der Waals surface area (Å²) in [5.41, 5.74) is 3.88. The van der Waals surface area contributed by atoms with Crippen LogP contribution in [0.2, 0.25) is 0 Å². The molecular formula is C22H32NOP. The minimum Gasteiger partial charge on any atom is -0.508 e. The van der Waals surface area contributed by atoms with Crippen molar-refractivity contribution in [3.8, 4) is 5.75 Å². The summed E-state index contributed by atoms with van der Waals surface area (Å²) in [5.74, 6) is 0.430. The highest BCUT2D eigenvalue weighted by Crippen LogP contribution is 2.50. The molecule has 25 heavy (non-hydrogen) atoms. The minimum absolute atomic E-state index is 0.00298. The van der Waals surface area contributed by atoms with Crippen LogP contribution in [0.25, 0.3) is 0 Å². The number of benzene rings is 2. The van der Waals surface area contributed by atoms with Gasteiger partial charge in [-0.2, -0.15) is 0 Å². The number of nitrogens with zero attached hydrogens (tertiary/aromatic N) is 1. The fraction of sp³-hybridized carbons (Fsp3) is 0.455. The SMILES string of the molecule is CCN(C)Cc1cccc(C)c1PC(CC)(CC)c1ccccc1O. The number of aromatic hydroxyl groups is 1. The van der Waals surface area contributed by atoms with E-state index in [1.165, 1.54) is 16.4 Å². The highest BCUT2D eigenvalue weighted by atomic mass is 31.1. The van der Waals surface area contributed by atoms with Gasteiger partial charge in [0.15, 0.2) is 0 Å². The maximum atomic E-state index is 10.5. The highest BCUT2D eigenvalue weighted by molar-refractivity contribution is 7.48. The van der Waals surface area contributed by atoms with Crippen molar-refractivity contribution in [1.29, 1.82) is 0 Å². The lowest BCUT2D eigenvalue weighted by Crippen LogP contribution is -2.26. The van der Waals surface area contributed by atoms with Gasteiger partial charge in [-0.3, -0.25) is 0 Å². The second-order valence-corrected chi connectivity index (χ2v) is 8.58. The molecule has 0 amide bonds. The topological polar surface area (TPSA) is 23.5 Å². The van der Waals surface area contributed by atoms with E-state index in [2.05, 4.69) is 63.9 Å². The van der Waals surface area contributed by atoms with E-state index in [1.54, 1.807) is 0 Å². The van der Waals surface area contributed by atoms with Gasteiger partial charge >= 0.3 is 0 Å². The van der Waals surface area contributed by atoms with Crippen molar-refractivity contribution in [2.24, 2.45) is 0 Å². The number of para-hydroxylation sites is 1. The molecule has 0 aliphatic rings. The average Bonchev–Trinajstić information content (AvgIpc) is 2.62. The third kappa shape index (κ3) is 4.43. The molecule has 0 aromatic heterocycles. The molecule has 0 spiro atoms. The summed E-state index contributed by atoms with van der Waals surface area (Å²) < 4.78 is 0. The van der Waals surface area contributed by atoms with E-state index >= 15 is 0 Å². The average molecular weight is 357 g/mol. The summed E-state index contributed by atoms with van der Waals surface area (Å²) in [6.45, 7) is 10.9. The summed E-state index contributed by atoms with van der Waals surface area (Å²) in [7, 11) is 2.82. The van der Waals surface area contributed by atoms with Gasteiger partial charge in [-0.1, -0.05) is 65.8 Å². The number of aryl methyl sites for hydroxylation is 1. The number of rotatable bonds is 8. The summed E-state index contributed by atoms with van der Waals surface area (Å²) in [5, 5.41) is 12.0. The number of hydrogen-bond acceptors (Lipinski definition) is 2. The number of hydrogen-bond donors (Lipinski definition) is 1.